The van der Waals surface area contributed by atoms with E-state index in [2.05, 4.69) is 34.3 Å². The van der Waals surface area contributed by atoms with Gasteiger partial charge in [-0.25, -0.2) is 0 Å². The number of nitrogens with one attached hydrogen (secondary N) is 1. The molecular formula is C25H26N6O4. The number of fused-ring (bicyclic) bond motifs is 1. The van der Waals surface area contributed by atoms with Crippen LogP contribution in [0.3, 0.4) is 0 Å². The SMILES string of the molecule is CCN(CC)c1ccc(-n2nc3cc(C)c(NC(=O)c4ccc(OC)c([N+](=O)[O-])c4)cc3n2)cc1. The Balaban J connectivity index is 1.60. The molecule has 0 aliphatic heterocycles. The molecule has 0 fully saturated rings. The van der Waals surface area contributed by atoms with E-state index in [9.17, 15) is 14.9 Å². The molecule has 0 spiro atoms. The Morgan fingerprint density at radius 3 is 2.31 bits per heavy atom. The number of nitrogens with zero attached hydrogens (tertiary/aromatic N) is 5. The second-order valence-electron chi connectivity index (χ2n) is 7.93. The van der Waals surface area contributed by atoms with E-state index in [0.29, 0.717) is 16.7 Å². The van der Waals surface area contributed by atoms with Gasteiger partial charge >= 0.3 is 5.69 Å². The third kappa shape index (κ3) is 4.77. The summed E-state index contributed by atoms with van der Waals surface area (Å²) in [5.74, 6) is -0.386. The molecule has 0 radical (unpaired) electrons. The molecule has 35 heavy (non-hydrogen) atoms. The zero-order chi connectivity index (χ0) is 25.1. The van der Waals surface area contributed by atoms with Crippen molar-refractivity contribution >= 4 is 34.0 Å². The lowest BCUT2D eigenvalue weighted by Gasteiger charge is -2.20. The largest absolute Gasteiger partial charge is 0.490 e. The predicted molar refractivity (Wildman–Crippen MR) is 135 cm³/mol. The Morgan fingerprint density at radius 1 is 1.06 bits per heavy atom. The van der Waals surface area contributed by atoms with Gasteiger partial charge in [0.25, 0.3) is 5.91 Å². The molecule has 1 aromatic heterocycles. The quantitative estimate of drug-likeness (QED) is 0.289. The third-order valence-electron chi connectivity index (χ3n) is 5.82. The third-order valence-corrected chi connectivity index (χ3v) is 5.82. The smallest absolute Gasteiger partial charge is 0.311 e. The number of hydrogen-bond donors (Lipinski definition) is 1. The molecule has 0 aliphatic rings. The molecule has 4 aromatic rings. The van der Waals surface area contributed by atoms with Gasteiger partial charge in [0, 0.05) is 36.1 Å². The van der Waals surface area contributed by atoms with Crippen LogP contribution in [-0.2, 0) is 0 Å². The van der Waals surface area contributed by atoms with Crippen LogP contribution in [0.1, 0.15) is 29.8 Å². The first kappa shape index (κ1) is 23.7. The van der Waals surface area contributed by atoms with Crippen molar-refractivity contribution in [2.24, 2.45) is 0 Å². The number of benzene rings is 3. The summed E-state index contributed by atoms with van der Waals surface area (Å²) in [6.45, 7) is 7.94. The second kappa shape index (κ2) is 9.80. The monoisotopic (exact) mass is 474 g/mol. The number of ether oxygens (including phenoxy) is 1. The summed E-state index contributed by atoms with van der Waals surface area (Å²) in [6.07, 6.45) is 0. The number of carbonyl (C=O) groups excluding carboxylic acids is 1. The topological polar surface area (TPSA) is 115 Å². The summed E-state index contributed by atoms with van der Waals surface area (Å²) < 4.78 is 5.00. The number of nitro benzene ring substituents is 1. The first-order chi connectivity index (χ1) is 16.8. The molecule has 10 nitrogen and oxygen atoms in total. The van der Waals surface area contributed by atoms with Crippen molar-refractivity contribution in [1.29, 1.82) is 0 Å². The average Bonchev–Trinajstić information content (AvgIpc) is 3.27. The van der Waals surface area contributed by atoms with Crippen molar-refractivity contribution in [3.05, 3.63) is 75.8 Å². The van der Waals surface area contributed by atoms with E-state index >= 15 is 0 Å². The van der Waals surface area contributed by atoms with Crippen LogP contribution in [0.2, 0.25) is 0 Å². The van der Waals surface area contributed by atoms with Gasteiger partial charge in [-0.3, -0.25) is 14.9 Å². The number of nitro groups is 1. The molecule has 0 saturated heterocycles. The summed E-state index contributed by atoms with van der Waals surface area (Å²) in [5, 5.41) is 23.3. The number of rotatable bonds is 8. The number of anilines is 2. The molecule has 1 N–H and O–H groups in total. The Labute approximate surface area is 202 Å². The highest BCUT2D eigenvalue weighted by molar-refractivity contribution is 6.06. The molecule has 4 rings (SSSR count). The molecule has 0 bridgehead atoms. The fourth-order valence-corrected chi connectivity index (χ4v) is 3.87. The summed E-state index contributed by atoms with van der Waals surface area (Å²) in [4.78, 5) is 27.3. The van der Waals surface area contributed by atoms with Gasteiger partial charge < -0.3 is 15.0 Å². The first-order valence-electron chi connectivity index (χ1n) is 11.2. The van der Waals surface area contributed by atoms with Crippen molar-refractivity contribution in [2.45, 2.75) is 20.8 Å². The fourth-order valence-electron chi connectivity index (χ4n) is 3.87. The van der Waals surface area contributed by atoms with Gasteiger partial charge in [-0.2, -0.15) is 4.80 Å². The molecule has 0 atom stereocenters. The Morgan fingerprint density at radius 2 is 1.71 bits per heavy atom. The minimum absolute atomic E-state index is 0.0888. The molecule has 10 heteroatoms. The molecular weight excluding hydrogens is 448 g/mol. The molecule has 0 unspecified atom stereocenters. The van der Waals surface area contributed by atoms with Crippen LogP contribution >= 0.6 is 0 Å². The van der Waals surface area contributed by atoms with Crippen LogP contribution in [-0.4, -0.2) is 46.0 Å². The minimum atomic E-state index is -0.584. The van der Waals surface area contributed by atoms with Crippen molar-refractivity contribution < 1.29 is 14.5 Å². The summed E-state index contributed by atoms with van der Waals surface area (Å²) >= 11 is 0. The van der Waals surface area contributed by atoms with Crippen molar-refractivity contribution in [3.8, 4) is 11.4 Å². The number of carbonyl (C=O) groups is 1. The zero-order valence-electron chi connectivity index (χ0n) is 20.0. The lowest BCUT2D eigenvalue weighted by Crippen LogP contribution is -2.21. The average molecular weight is 475 g/mol. The van der Waals surface area contributed by atoms with Gasteiger partial charge in [0.1, 0.15) is 11.0 Å². The molecule has 3 aromatic carbocycles. The fraction of sp³-hybridized carbons (Fsp3) is 0.240. The molecule has 1 heterocycles. The highest BCUT2D eigenvalue weighted by atomic mass is 16.6. The van der Waals surface area contributed by atoms with E-state index in [1.165, 1.54) is 25.3 Å². The van der Waals surface area contributed by atoms with Gasteiger partial charge in [0.2, 0.25) is 0 Å². The Bertz CT molecular complexity index is 1390. The normalized spacial score (nSPS) is 10.9. The van der Waals surface area contributed by atoms with E-state index in [-0.39, 0.29) is 17.0 Å². The highest BCUT2D eigenvalue weighted by Gasteiger charge is 2.19. The maximum atomic E-state index is 12.8. The summed E-state index contributed by atoms with van der Waals surface area (Å²) in [6, 6.07) is 15.7. The molecule has 0 aliphatic carbocycles. The van der Waals surface area contributed by atoms with Gasteiger partial charge in [0.15, 0.2) is 5.75 Å². The Hall–Kier alpha value is -4.47. The van der Waals surface area contributed by atoms with Gasteiger partial charge in [-0.1, -0.05) is 0 Å². The van der Waals surface area contributed by atoms with E-state index in [1.807, 2.05) is 37.3 Å². The Kier molecular flexibility index (Phi) is 6.63. The number of amides is 1. The first-order valence-corrected chi connectivity index (χ1v) is 11.2. The van der Waals surface area contributed by atoms with Crippen molar-refractivity contribution in [2.75, 3.05) is 30.4 Å². The van der Waals surface area contributed by atoms with Crippen LogP contribution in [0.15, 0.2) is 54.6 Å². The van der Waals surface area contributed by atoms with Crippen LogP contribution in [0.4, 0.5) is 17.1 Å². The number of methoxy groups -OCH3 is 1. The molecule has 180 valence electrons. The zero-order valence-corrected chi connectivity index (χ0v) is 20.0. The van der Waals surface area contributed by atoms with E-state index in [0.717, 1.165) is 30.0 Å². The lowest BCUT2D eigenvalue weighted by molar-refractivity contribution is -0.385. The van der Waals surface area contributed by atoms with E-state index < -0.39 is 10.8 Å². The second-order valence-corrected chi connectivity index (χ2v) is 7.93. The van der Waals surface area contributed by atoms with Crippen LogP contribution in [0.25, 0.3) is 16.7 Å². The van der Waals surface area contributed by atoms with Crippen molar-refractivity contribution in [1.82, 2.24) is 15.0 Å². The maximum Gasteiger partial charge on any atom is 0.311 e. The van der Waals surface area contributed by atoms with Crippen LogP contribution in [0, 0.1) is 17.0 Å². The number of aromatic nitrogens is 3. The lowest BCUT2D eigenvalue weighted by atomic mass is 10.1. The standard InChI is InChI=1S/C25H26N6O4/c1-5-29(6-2)18-8-10-19(11-9-18)30-27-21-13-16(3)20(15-22(21)28-30)26-25(32)17-7-12-24(35-4)23(14-17)31(33)34/h7-15H,5-6H2,1-4H3,(H,26,32). The van der Waals surface area contributed by atoms with E-state index in [4.69, 9.17) is 4.74 Å². The molecule has 1 amide bonds. The highest BCUT2D eigenvalue weighted by Crippen LogP contribution is 2.29. The van der Waals surface area contributed by atoms with Crippen LogP contribution < -0.4 is 15.0 Å². The summed E-state index contributed by atoms with van der Waals surface area (Å²) in [5.41, 5.74) is 4.47. The van der Waals surface area contributed by atoms with Gasteiger partial charge in [0.05, 0.1) is 17.7 Å². The maximum absolute atomic E-state index is 12.8. The molecule has 0 saturated carbocycles. The minimum Gasteiger partial charge on any atom is -0.490 e. The summed E-state index contributed by atoms with van der Waals surface area (Å²) in [7, 11) is 1.34. The number of hydrogen-bond acceptors (Lipinski definition) is 7. The van der Waals surface area contributed by atoms with E-state index in [1.54, 1.807) is 10.9 Å². The van der Waals surface area contributed by atoms with Gasteiger partial charge in [-0.15, -0.1) is 10.2 Å². The van der Waals surface area contributed by atoms with Crippen LogP contribution in [0.5, 0.6) is 5.75 Å². The van der Waals surface area contributed by atoms with Gasteiger partial charge in [-0.05, 0) is 74.9 Å². The predicted octanol–water partition coefficient (Wildman–Crippen LogP) is 4.74. The number of aryl methyl sites for hydroxylation is 1. The van der Waals surface area contributed by atoms with Crippen molar-refractivity contribution in [3.63, 3.8) is 0 Å².